The van der Waals surface area contributed by atoms with Gasteiger partial charge in [-0.25, -0.2) is 14.4 Å². The van der Waals surface area contributed by atoms with Crippen molar-refractivity contribution in [1.29, 1.82) is 0 Å². The van der Waals surface area contributed by atoms with E-state index in [1.165, 1.54) is 20.3 Å². The van der Waals surface area contributed by atoms with E-state index in [9.17, 15) is 19.2 Å². The van der Waals surface area contributed by atoms with Crippen molar-refractivity contribution < 1.29 is 38.1 Å². The summed E-state index contributed by atoms with van der Waals surface area (Å²) in [5.74, 6) is -1.19. The first-order valence-corrected chi connectivity index (χ1v) is 12.4. The number of nitrogens with one attached hydrogen (secondary N) is 3. The third-order valence-corrected chi connectivity index (χ3v) is 6.30. The highest BCUT2D eigenvalue weighted by atomic mass is 79.9. The van der Waals surface area contributed by atoms with Crippen LogP contribution in [0.4, 0.5) is 10.5 Å². The van der Waals surface area contributed by atoms with Crippen molar-refractivity contribution in [3.8, 4) is 11.5 Å². The summed E-state index contributed by atoms with van der Waals surface area (Å²) in [6, 6.07) is 8.16. The van der Waals surface area contributed by atoms with Crippen molar-refractivity contribution in [2.24, 2.45) is 0 Å². The zero-order valence-electron chi connectivity index (χ0n) is 21.5. The van der Waals surface area contributed by atoms with E-state index < -0.39 is 36.0 Å². The summed E-state index contributed by atoms with van der Waals surface area (Å²) in [6.07, 6.45) is -0.904. The molecule has 0 fully saturated rings. The molecule has 0 radical (unpaired) electrons. The molecule has 0 saturated carbocycles. The molecule has 3 amide bonds. The highest BCUT2D eigenvalue weighted by molar-refractivity contribution is 9.10. The zero-order valence-corrected chi connectivity index (χ0v) is 23.1. The molecule has 11 nitrogen and oxygen atoms in total. The Bertz CT molecular complexity index is 1290. The van der Waals surface area contributed by atoms with Gasteiger partial charge in [0.05, 0.1) is 43.7 Å². The van der Waals surface area contributed by atoms with Crippen molar-refractivity contribution in [3.05, 3.63) is 63.3 Å². The van der Waals surface area contributed by atoms with Crippen LogP contribution in [-0.2, 0) is 19.1 Å². The highest BCUT2D eigenvalue weighted by Crippen LogP contribution is 2.40. The van der Waals surface area contributed by atoms with E-state index in [4.69, 9.17) is 18.9 Å². The van der Waals surface area contributed by atoms with Gasteiger partial charge in [-0.3, -0.25) is 4.79 Å². The quantitative estimate of drug-likeness (QED) is 0.374. The monoisotopic (exact) mass is 589 g/mol. The molecule has 0 saturated heterocycles. The van der Waals surface area contributed by atoms with E-state index in [-0.39, 0.29) is 34.9 Å². The average molecular weight is 590 g/mol. The van der Waals surface area contributed by atoms with Gasteiger partial charge in [-0.2, -0.15) is 0 Å². The summed E-state index contributed by atoms with van der Waals surface area (Å²) in [7, 11) is 2.67. The van der Waals surface area contributed by atoms with E-state index >= 15 is 0 Å². The van der Waals surface area contributed by atoms with Gasteiger partial charge in [0.2, 0.25) is 0 Å². The molecule has 0 bridgehead atoms. The second kappa shape index (κ2) is 12.5. The minimum Gasteiger partial charge on any atom is -0.493 e. The fourth-order valence-corrected chi connectivity index (χ4v) is 4.37. The van der Waals surface area contributed by atoms with Crippen LogP contribution in [0.1, 0.15) is 42.7 Å². The molecule has 0 aromatic heterocycles. The molecule has 2 aromatic rings. The summed E-state index contributed by atoms with van der Waals surface area (Å²) in [4.78, 5) is 50.1. The number of para-hydroxylation sites is 1. The van der Waals surface area contributed by atoms with Gasteiger partial charge in [0.15, 0.2) is 17.6 Å². The molecule has 0 unspecified atom stereocenters. The second-order valence-electron chi connectivity index (χ2n) is 8.10. The molecular weight excluding hydrogens is 562 g/mol. The molecule has 3 N–H and O–H groups in total. The number of rotatable bonds is 9. The number of hydrogen-bond donors (Lipinski definition) is 3. The lowest BCUT2D eigenvalue weighted by Crippen LogP contribution is -2.46. The van der Waals surface area contributed by atoms with Crippen LogP contribution in [0.2, 0.25) is 0 Å². The number of anilines is 1. The Hall–Kier alpha value is -4.06. The zero-order chi connectivity index (χ0) is 28.0. The summed E-state index contributed by atoms with van der Waals surface area (Å²) >= 11 is 3.49. The van der Waals surface area contributed by atoms with E-state index in [1.54, 1.807) is 51.1 Å². The molecule has 2 atom stereocenters. The van der Waals surface area contributed by atoms with E-state index in [0.717, 1.165) is 0 Å². The van der Waals surface area contributed by atoms with Crippen LogP contribution in [0.25, 0.3) is 0 Å². The third kappa shape index (κ3) is 6.25. The van der Waals surface area contributed by atoms with Crippen LogP contribution in [0.5, 0.6) is 11.5 Å². The molecule has 1 aliphatic heterocycles. The molecular formula is C26H28BrN3O8. The minimum atomic E-state index is -0.908. The smallest absolute Gasteiger partial charge is 0.347 e. The molecule has 38 heavy (non-hydrogen) atoms. The van der Waals surface area contributed by atoms with Gasteiger partial charge >= 0.3 is 18.0 Å². The standard InChI is InChI=1S/C26H28BrN3O8/c1-6-37-24(32)14(3)38-20-12-17(27)16(11-19(20)35-4)22-21(13(2)28-26(34)30-22)23(31)29-18-10-8-7-9-15(18)25(33)36-5/h7-12,14,22H,6H2,1-5H3,(H,29,31)(H2,28,30,34)/t14-,22+/m1/s1. The number of methoxy groups -OCH3 is 2. The normalized spacial score (nSPS) is 15.5. The van der Waals surface area contributed by atoms with Crippen molar-refractivity contribution in [1.82, 2.24) is 10.6 Å². The van der Waals surface area contributed by atoms with Crippen molar-refractivity contribution in [3.63, 3.8) is 0 Å². The van der Waals surface area contributed by atoms with Crippen LogP contribution < -0.4 is 25.4 Å². The Labute approximate surface area is 228 Å². The number of urea groups is 1. The number of amides is 3. The van der Waals surface area contributed by atoms with Gasteiger partial charge in [0.1, 0.15) is 0 Å². The number of carbonyl (C=O) groups excluding carboxylic acids is 4. The first kappa shape index (κ1) is 28.5. The lowest BCUT2D eigenvalue weighted by Gasteiger charge is -2.30. The number of ether oxygens (including phenoxy) is 4. The molecule has 0 aliphatic carbocycles. The van der Waals surface area contributed by atoms with Crippen LogP contribution in [0.3, 0.4) is 0 Å². The first-order chi connectivity index (χ1) is 18.1. The maximum absolute atomic E-state index is 13.5. The second-order valence-corrected chi connectivity index (χ2v) is 8.95. The highest BCUT2D eigenvalue weighted by Gasteiger charge is 2.34. The van der Waals surface area contributed by atoms with Crippen LogP contribution in [0.15, 0.2) is 52.1 Å². The average Bonchev–Trinajstić information content (AvgIpc) is 2.88. The topological polar surface area (TPSA) is 141 Å². The SMILES string of the molecule is CCOC(=O)[C@@H](C)Oc1cc(Br)c([C@@H]2NC(=O)NC(C)=C2C(=O)Nc2ccccc2C(=O)OC)cc1OC. The van der Waals surface area contributed by atoms with E-state index in [2.05, 4.69) is 31.9 Å². The van der Waals surface area contributed by atoms with Crippen molar-refractivity contribution in [2.75, 3.05) is 26.1 Å². The summed E-state index contributed by atoms with van der Waals surface area (Å²) in [5.41, 5.74) is 1.41. The van der Waals surface area contributed by atoms with Gasteiger partial charge in [-0.1, -0.05) is 28.1 Å². The third-order valence-electron chi connectivity index (χ3n) is 5.61. The predicted molar refractivity (Wildman–Crippen MR) is 141 cm³/mol. The number of hydrogen-bond acceptors (Lipinski definition) is 8. The van der Waals surface area contributed by atoms with Gasteiger partial charge in [0, 0.05) is 10.2 Å². The Morgan fingerprint density at radius 3 is 2.50 bits per heavy atom. The summed E-state index contributed by atoms with van der Waals surface area (Å²) in [5, 5.41) is 8.10. The van der Waals surface area contributed by atoms with Crippen LogP contribution in [-0.4, -0.2) is 50.8 Å². The maximum atomic E-state index is 13.5. The van der Waals surface area contributed by atoms with E-state index in [1.807, 2.05) is 0 Å². The Kier molecular flexibility index (Phi) is 9.35. The lowest BCUT2D eigenvalue weighted by molar-refractivity contribution is -0.150. The predicted octanol–water partition coefficient (Wildman–Crippen LogP) is 3.84. The molecule has 12 heteroatoms. The summed E-state index contributed by atoms with van der Waals surface area (Å²) in [6.45, 7) is 5.05. The minimum absolute atomic E-state index is 0.172. The van der Waals surface area contributed by atoms with Gasteiger partial charge in [0.25, 0.3) is 5.91 Å². The molecule has 1 heterocycles. The molecule has 0 spiro atoms. The van der Waals surface area contributed by atoms with Crippen LogP contribution >= 0.6 is 15.9 Å². The fraction of sp³-hybridized carbons (Fsp3) is 0.308. The van der Waals surface area contributed by atoms with Gasteiger partial charge < -0.3 is 34.9 Å². The summed E-state index contributed by atoms with van der Waals surface area (Å²) < 4.78 is 21.5. The maximum Gasteiger partial charge on any atom is 0.347 e. The fourth-order valence-electron chi connectivity index (χ4n) is 3.82. The Balaban J connectivity index is 2.00. The number of allylic oxidation sites excluding steroid dienone is 1. The molecule has 2 aromatic carbocycles. The van der Waals surface area contributed by atoms with Crippen molar-refractivity contribution in [2.45, 2.75) is 32.9 Å². The molecule has 202 valence electrons. The molecule has 1 aliphatic rings. The van der Waals surface area contributed by atoms with Crippen LogP contribution in [0, 0.1) is 0 Å². The number of halogens is 1. The van der Waals surface area contributed by atoms with Gasteiger partial charge in [-0.15, -0.1) is 0 Å². The first-order valence-electron chi connectivity index (χ1n) is 11.6. The van der Waals surface area contributed by atoms with E-state index in [0.29, 0.717) is 15.7 Å². The lowest BCUT2D eigenvalue weighted by atomic mass is 9.94. The Morgan fingerprint density at radius 2 is 1.84 bits per heavy atom. The molecule has 3 rings (SSSR count). The number of carbonyl (C=O) groups is 4. The van der Waals surface area contributed by atoms with Crippen molar-refractivity contribution >= 4 is 45.5 Å². The largest absolute Gasteiger partial charge is 0.493 e. The number of benzene rings is 2. The van der Waals surface area contributed by atoms with Gasteiger partial charge in [-0.05, 0) is 50.6 Å². The number of esters is 2. The Morgan fingerprint density at radius 1 is 1.13 bits per heavy atom.